The summed E-state index contributed by atoms with van der Waals surface area (Å²) in [5, 5.41) is 10.5. The summed E-state index contributed by atoms with van der Waals surface area (Å²) in [5.74, 6) is -0.204. The summed E-state index contributed by atoms with van der Waals surface area (Å²) in [6.45, 7) is 2.28. The van der Waals surface area contributed by atoms with Crippen LogP contribution in [0, 0.1) is 16.0 Å². The lowest BCUT2D eigenvalue weighted by atomic mass is 10.1. The highest BCUT2D eigenvalue weighted by Crippen LogP contribution is 2.20. The number of hydrogen-bond acceptors (Lipinski definition) is 4. The third-order valence-corrected chi connectivity index (χ3v) is 2.80. The molecule has 1 rings (SSSR count). The van der Waals surface area contributed by atoms with Crippen LogP contribution in [-0.4, -0.2) is 24.4 Å². The monoisotopic (exact) mass is 251 g/mol. The quantitative estimate of drug-likeness (QED) is 0.635. The van der Waals surface area contributed by atoms with Crippen LogP contribution >= 0.6 is 0 Å². The highest BCUT2D eigenvalue weighted by atomic mass is 16.6. The van der Waals surface area contributed by atoms with Crippen LogP contribution in [0.4, 0.5) is 11.4 Å². The lowest BCUT2D eigenvalue weighted by Gasteiger charge is -2.21. The van der Waals surface area contributed by atoms with Crippen molar-refractivity contribution >= 4 is 17.3 Å². The van der Waals surface area contributed by atoms with Crippen molar-refractivity contribution in [1.82, 2.24) is 0 Å². The number of benzene rings is 1. The van der Waals surface area contributed by atoms with E-state index in [2.05, 4.69) is 0 Å². The van der Waals surface area contributed by atoms with Crippen LogP contribution in [0.3, 0.4) is 0 Å². The maximum absolute atomic E-state index is 12.0. The van der Waals surface area contributed by atoms with E-state index in [0.717, 1.165) is 0 Å². The molecule has 0 spiro atoms. The topological polar surface area (TPSA) is 89.5 Å². The van der Waals surface area contributed by atoms with Gasteiger partial charge in [-0.3, -0.25) is 14.9 Å². The normalized spacial score (nSPS) is 11.9. The lowest BCUT2D eigenvalue weighted by molar-refractivity contribution is -0.384. The number of rotatable bonds is 5. The molecule has 1 amide bonds. The van der Waals surface area contributed by atoms with Crippen molar-refractivity contribution in [3.63, 3.8) is 0 Å². The van der Waals surface area contributed by atoms with Gasteiger partial charge in [0.15, 0.2) is 0 Å². The summed E-state index contributed by atoms with van der Waals surface area (Å²) >= 11 is 0. The molecule has 0 aromatic heterocycles. The fourth-order valence-electron chi connectivity index (χ4n) is 1.63. The van der Waals surface area contributed by atoms with Crippen molar-refractivity contribution in [2.75, 3.05) is 18.5 Å². The minimum Gasteiger partial charge on any atom is -0.330 e. The van der Waals surface area contributed by atoms with Gasteiger partial charge in [0.2, 0.25) is 5.91 Å². The van der Waals surface area contributed by atoms with Crippen molar-refractivity contribution < 1.29 is 9.72 Å². The predicted molar refractivity (Wildman–Crippen MR) is 69.3 cm³/mol. The van der Waals surface area contributed by atoms with Gasteiger partial charge in [-0.15, -0.1) is 0 Å². The van der Waals surface area contributed by atoms with E-state index in [4.69, 9.17) is 5.73 Å². The van der Waals surface area contributed by atoms with Crippen molar-refractivity contribution in [3.05, 3.63) is 34.4 Å². The van der Waals surface area contributed by atoms with Crippen LogP contribution in [-0.2, 0) is 4.79 Å². The first-order valence-corrected chi connectivity index (χ1v) is 5.69. The number of anilines is 1. The zero-order valence-corrected chi connectivity index (χ0v) is 10.5. The number of nitrogens with two attached hydrogens (primary N) is 1. The Morgan fingerprint density at radius 2 is 2.00 bits per heavy atom. The van der Waals surface area contributed by atoms with Crippen LogP contribution in [0.2, 0.25) is 0 Å². The Morgan fingerprint density at radius 3 is 2.44 bits per heavy atom. The van der Waals surface area contributed by atoms with Crippen LogP contribution in [0.1, 0.15) is 13.3 Å². The predicted octanol–water partition coefficient (Wildman–Crippen LogP) is 1.54. The number of amides is 1. The zero-order valence-electron chi connectivity index (χ0n) is 10.5. The summed E-state index contributed by atoms with van der Waals surface area (Å²) in [7, 11) is 1.65. The molecule has 0 saturated carbocycles. The Kier molecular flexibility index (Phi) is 4.79. The maximum atomic E-state index is 12.0. The molecule has 1 aromatic carbocycles. The van der Waals surface area contributed by atoms with Crippen LogP contribution in [0.5, 0.6) is 0 Å². The maximum Gasteiger partial charge on any atom is 0.269 e. The molecule has 0 aliphatic heterocycles. The second-order valence-corrected chi connectivity index (χ2v) is 4.15. The van der Waals surface area contributed by atoms with Crippen molar-refractivity contribution in [2.45, 2.75) is 13.3 Å². The number of nitrogens with zero attached hydrogens (tertiary/aromatic N) is 2. The van der Waals surface area contributed by atoms with E-state index in [-0.39, 0.29) is 17.5 Å². The molecule has 1 atom stereocenters. The van der Waals surface area contributed by atoms with Gasteiger partial charge < -0.3 is 10.6 Å². The van der Waals surface area contributed by atoms with Gasteiger partial charge in [-0.25, -0.2) is 0 Å². The van der Waals surface area contributed by atoms with E-state index in [1.807, 2.05) is 6.92 Å². The van der Waals surface area contributed by atoms with Crippen LogP contribution < -0.4 is 10.6 Å². The Morgan fingerprint density at radius 1 is 1.44 bits per heavy atom. The lowest BCUT2D eigenvalue weighted by Crippen LogP contribution is -2.32. The van der Waals surface area contributed by atoms with Crippen molar-refractivity contribution in [2.24, 2.45) is 11.7 Å². The average molecular weight is 251 g/mol. The number of carbonyl (C=O) groups excluding carboxylic acids is 1. The molecule has 1 unspecified atom stereocenters. The third kappa shape index (κ3) is 3.27. The van der Waals surface area contributed by atoms with E-state index in [9.17, 15) is 14.9 Å². The molecule has 0 bridgehead atoms. The number of hydrogen-bond donors (Lipinski definition) is 1. The molecule has 6 heteroatoms. The zero-order chi connectivity index (χ0) is 13.7. The number of carbonyl (C=O) groups is 1. The molecular formula is C12H17N3O3. The first kappa shape index (κ1) is 14.1. The highest BCUT2D eigenvalue weighted by Gasteiger charge is 2.18. The van der Waals surface area contributed by atoms with E-state index in [1.165, 1.54) is 17.0 Å². The van der Waals surface area contributed by atoms with Gasteiger partial charge >= 0.3 is 0 Å². The van der Waals surface area contributed by atoms with Gasteiger partial charge in [-0.05, 0) is 25.1 Å². The first-order chi connectivity index (χ1) is 8.47. The Bertz CT molecular complexity index is 431. The van der Waals surface area contributed by atoms with Gasteiger partial charge in [0.05, 0.1) is 4.92 Å². The molecule has 0 heterocycles. The van der Waals surface area contributed by atoms with Crippen LogP contribution in [0.15, 0.2) is 24.3 Å². The standard InChI is InChI=1S/C12H17N3O3/c1-9(7-8-13)12(16)14(2)10-3-5-11(6-4-10)15(17)18/h3-6,9H,7-8,13H2,1-2H3. The van der Waals surface area contributed by atoms with Crippen molar-refractivity contribution in [3.8, 4) is 0 Å². The van der Waals surface area contributed by atoms with Gasteiger partial charge in [0.25, 0.3) is 5.69 Å². The van der Waals surface area contributed by atoms with Crippen molar-refractivity contribution in [1.29, 1.82) is 0 Å². The minimum atomic E-state index is -0.470. The summed E-state index contributed by atoms with van der Waals surface area (Å²) in [6.07, 6.45) is 0.621. The number of nitro benzene ring substituents is 1. The second-order valence-electron chi connectivity index (χ2n) is 4.15. The largest absolute Gasteiger partial charge is 0.330 e. The highest BCUT2D eigenvalue weighted by molar-refractivity contribution is 5.94. The smallest absolute Gasteiger partial charge is 0.269 e. The summed E-state index contributed by atoms with van der Waals surface area (Å²) < 4.78 is 0. The third-order valence-electron chi connectivity index (χ3n) is 2.80. The molecule has 18 heavy (non-hydrogen) atoms. The van der Waals surface area contributed by atoms with E-state index in [0.29, 0.717) is 18.7 Å². The molecule has 0 aliphatic rings. The average Bonchev–Trinajstić information content (AvgIpc) is 2.37. The summed E-state index contributed by atoms with van der Waals surface area (Å²) in [5.41, 5.74) is 6.06. The van der Waals surface area contributed by atoms with Gasteiger partial charge in [-0.1, -0.05) is 6.92 Å². The molecule has 0 radical (unpaired) electrons. The Hall–Kier alpha value is -1.95. The van der Waals surface area contributed by atoms with E-state index >= 15 is 0 Å². The fourth-order valence-corrected chi connectivity index (χ4v) is 1.63. The fraction of sp³-hybridized carbons (Fsp3) is 0.417. The molecular weight excluding hydrogens is 234 g/mol. The Labute approximate surface area is 106 Å². The van der Waals surface area contributed by atoms with Gasteiger partial charge in [0.1, 0.15) is 0 Å². The molecule has 0 fully saturated rings. The molecule has 0 aliphatic carbocycles. The minimum absolute atomic E-state index is 0.00889. The molecule has 2 N–H and O–H groups in total. The number of non-ortho nitro benzene ring substituents is 1. The molecule has 1 aromatic rings. The molecule has 6 nitrogen and oxygen atoms in total. The summed E-state index contributed by atoms with van der Waals surface area (Å²) in [6, 6.07) is 5.88. The SMILES string of the molecule is CC(CCN)C(=O)N(C)c1ccc([N+](=O)[O-])cc1. The molecule has 0 saturated heterocycles. The van der Waals surface area contributed by atoms with Gasteiger partial charge in [0, 0.05) is 30.8 Å². The van der Waals surface area contributed by atoms with Gasteiger partial charge in [-0.2, -0.15) is 0 Å². The molecule has 98 valence electrons. The first-order valence-electron chi connectivity index (χ1n) is 5.69. The van der Waals surface area contributed by atoms with E-state index < -0.39 is 4.92 Å². The number of nitro groups is 1. The second kappa shape index (κ2) is 6.11. The Balaban J connectivity index is 2.80. The van der Waals surface area contributed by atoms with Crippen LogP contribution in [0.25, 0.3) is 0 Å². The van der Waals surface area contributed by atoms with E-state index in [1.54, 1.807) is 19.2 Å². The summed E-state index contributed by atoms with van der Waals surface area (Å²) in [4.78, 5) is 23.5.